The van der Waals surface area contributed by atoms with Gasteiger partial charge in [-0.2, -0.15) is 0 Å². The standard InChI is InChI=1S/C28H31FN2O3/c1-25(2,3)34-24(33)31-26-13-20-12-21-14-27(15-26,28(20,21)16-26)30-23(32)19-6-4-17(5-7-19)18-8-10-22(29)11-9-18/h4-11,20-21H,12-16H2,1-3H3,(H,30,32)(H,31,33). The zero-order valence-electron chi connectivity index (χ0n) is 19.9. The second kappa shape index (κ2) is 6.83. The first kappa shape index (κ1) is 21.6. The van der Waals surface area contributed by atoms with Gasteiger partial charge in [0, 0.05) is 22.1 Å². The number of hydrogen-bond acceptors (Lipinski definition) is 3. The number of carbonyl (C=O) groups is 2. The Morgan fingerprint density at radius 3 is 2.15 bits per heavy atom. The van der Waals surface area contributed by atoms with Crippen LogP contribution >= 0.6 is 0 Å². The van der Waals surface area contributed by atoms with Crippen molar-refractivity contribution >= 4 is 12.0 Å². The molecule has 4 fully saturated rings. The van der Waals surface area contributed by atoms with Crippen molar-refractivity contribution in [2.45, 2.75) is 69.6 Å². The summed E-state index contributed by atoms with van der Waals surface area (Å²) in [7, 11) is 0. The normalized spacial score (nSPS) is 34.5. The Hall–Kier alpha value is -2.89. The first-order valence-electron chi connectivity index (χ1n) is 12.2. The van der Waals surface area contributed by atoms with Crippen molar-refractivity contribution < 1.29 is 18.7 Å². The first-order valence-corrected chi connectivity index (χ1v) is 12.2. The van der Waals surface area contributed by atoms with E-state index < -0.39 is 5.60 Å². The third-order valence-electron chi connectivity index (χ3n) is 8.86. The fourth-order valence-corrected chi connectivity index (χ4v) is 7.86. The molecule has 0 aromatic heterocycles. The fraction of sp³-hybridized carbons (Fsp3) is 0.500. The van der Waals surface area contributed by atoms with Crippen molar-refractivity contribution in [3.05, 3.63) is 59.9 Å². The van der Waals surface area contributed by atoms with Gasteiger partial charge in [-0.3, -0.25) is 4.79 Å². The van der Waals surface area contributed by atoms with Crippen LogP contribution in [0.3, 0.4) is 0 Å². The number of nitrogens with one attached hydrogen (secondary N) is 2. The quantitative estimate of drug-likeness (QED) is 0.635. The van der Waals surface area contributed by atoms with Crippen LogP contribution in [0.4, 0.5) is 9.18 Å². The number of carbonyl (C=O) groups excluding carboxylic acids is 2. The molecular formula is C28H31FN2O3. The molecule has 0 aliphatic heterocycles. The molecule has 0 radical (unpaired) electrons. The van der Waals surface area contributed by atoms with Gasteiger partial charge in [0.15, 0.2) is 0 Å². The molecule has 34 heavy (non-hydrogen) atoms. The predicted molar refractivity (Wildman–Crippen MR) is 127 cm³/mol. The first-order chi connectivity index (χ1) is 16.0. The van der Waals surface area contributed by atoms with Gasteiger partial charge in [0.25, 0.3) is 5.91 Å². The van der Waals surface area contributed by atoms with Crippen molar-refractivity contribution in [1.82, 2.24) is 10.6 Å². The summed E-state index contributed by atoms with van der Waals surface area (Å²) in [5, 5.41) is 6.64. The molecule has 5 atom stereocenters. The smallest absolute Gasteiger partial charge is 0.408 e. The minimum Gasteiger partial charge on any atom is -0.444 e. The summed E-state index contributed by atoms with van der Waals surface area (Å²) in [6, 6.07) is 13.8. The molecule has 4 saturated carbocycles. The maximum Gasteiger partial charge on any atom is 0.408 e. The Labute approximate surface area is 199 Å². The molecule has 6 heteroatoms. The third-order valence-corrected chi connectivity index (χ3v) is 8.86. The van der Waals surface area contributed by atoms with Crippen LogP contribution in [0.25, 0.3) is 11.1 Å². The Morgan fingerprint density at radius 1 is 0.912 bits per heavy atom. The Kier molecular flexibility index (Phi) is 4.35. The maximum atomic E-state index is 13.3. The van der Waals surface area contributed by atoms with E-state index in [0.717, 1.165) is 36.8 Å². The minimum absolute atomic E-state index is 0.0656. The SMILES string of the molecule is CC(C)(C)OC(=O)NC12CC3CC4CC(NC(=O)c5ccc(-c6ccc(F)cc6)cc5)(C1)C34C2. The summed E-state index contributed by atoms with van der Waals surface area (Å²) in [4.78, 5) is 25.9. The molecule has 4 aliphatic rings. The average molecular weight is 463 g/mol. The Morgan fingerprint density at radius 2 is 1.53 bits per heavy atom. The number of alkyl carbamates (subject to hydrolysis) is 1. The van der Waals surface area contributed by atoms with Crippen LogP contribution < -0.4 is 10.6 Å². The summed E-state index contributed by atoms with van der Waals surface area (Å²) < 4.78 is 18.8. The molecule has 1 spiro atoms. The van der Waals surface area contributed by atoms with E-state index in [2.05, 4.69) is 10.6 Å². The van der Waals surface area contributed by atoms with E-state index in [-0.39, 0.29) is 34.3 Å². The van der Waals surface area contributed by atoms with Crippen LogP contribution in [0, 0.1) is 23.1 Å². The van der Waals surface area contributed by atoms with Crippen molar-refractivity contribution in [3.63, 3.8) is 0 Å². The van der Waals surface area contributed by atoms with Crippen molar-refractivity contribution in [1.29, 1.82) is 0 Å². The van der Waals surface area contributed by atoms with Gasteiger partial charge in [-0.05, 0) is 100 Å². The topological polar surface area (TPSA) is 67.4 Å². The van der Waals surface area contributed by atoms with Crippen LogP contribution in [0.5, 0.6) is 0 Å². The summed E-state index contributed by atoms with van der Waals surface area (Å²) in [6.07, 6.45) is 4.50. The molecule has 4 aliphatic carbocycles. The lowest BCUT2D eigenvalue weighted by atomic mass is 9.35. The summed E-state index contributed by atoms with van der Waals surface area (Å²) >= 11 is 0. The molecule has 0 heterocycles. The number of amides is 2. The molecule has 178 valence electrons. The molecule has 2 N–H and O–H groups in total. The van der Waals surface area contributed by atoms with E-state index in [1.807, 2.05) is 45.0 Å². The third kappa shape index (κ3) is 3.03. The Balaban J connectivity index is 1.19. The highest BCUT2D eigenvalue weighted by molar-refractivity contribution is 5.95. The predicted octanol–water partition coefficient (Wildman–Crippen LogP) is 5.45. The molecule has 2 aromatic rings. The van der Waals surface area contributed by atoms with Crippen LogP contribution in [0.2, 0.25) is 0 Å². The van der Waals surface area contributed by atoms with Crippen molar-refractivity contribution in [2.24, 2.45) is 17.3 Å². The minimum atomic E-state index is -0.539. The Bertz CT molecular complexity index is 1170. The summed E-state index contributed by atoms with van der Waals surface area (Å²) in [6.45, 7) is 5.62. The van der Waals surface area contributed by atoms with Gasteiger partial charge in [0.1, 0.15) is 11.4 Å². The second-order valence-corrected chi connectivity index (χ2v) is 12.0. The van der Waals surface area contributed by atoms with Gasteiger partial charge in [-0.1, -0.05) is 24.3 Å². The van der Waals surface area contributed by atoms with Gasteiger partial charge >= 0.3 is 6.09 Å². The van der Waals surface area contributed by atoms with Crippen molar-refractivity contribution in [2.75, 3.05) is 0 Å². The molecule has 2 bridgehead atoms. The van der Waals surface area contributed by atoms with E-state index >= 15 is 0 Å². The zero-order valence-corrected chi connectivity index (χ0v) is 19.9. The van der Waals surface area contributed by atoms with E-state index in [9.17, 15) is 14.0 Å². The van der Waals surface area contributed by atoms with Gasteiger partial charge in [-0.25, -0.2) is 9.18 Å². The van der Waals surface area contributed by atoms with E-state index in [0.29, 0.717) is 17.4 Å². The van der Waals surface area contributed by atoms with Crippen LogP contribution in [0.1, 0.15) is 63.2 Å². The molecule has 0 saturated heterocycles. The van der Waals surface area contributed by atoms with Crippen LogP contribution in [-0.4, -0.2) is 28.7 Å². The van der Waals surface area contributed by atoms with E-state index in [4.69, 9.17) is 4.74 Å². The number of hydrogen-bond donors (Lipinski definition) is 2. The lowest BCUT2D eigenvalue weighted by Crippen LogP contribution is -2.77. The number of fused-ring (bicyclic) bond motifs is 1. The molecule has 5 unspecified atom stereocenters. The summed E-state index contributed by atoms with van der Waals surface area (Å²) in [5.41, 5.74) is 1.50. The number of halogens is 1. The van der Waals surface area contributed by atoms with E-state index in [1.165, 1.54) is 18.6 Å². The lowest BCUT2D eigenvalue weighted by molar-refractivity contribution is -0.202. The highest BCUT2D eigenvalue weighted by Gasteiger charge is 2.84. The number of benzene rings is 2. The van der Waals surface area contributed by atoms with Gasteiger partial charge in [-0.15, -0.1) is 0 Å². The fourth-order valence-electron chi connectivity index (χ4n) is 7.86. The molecule has 5 nitrogen and oxygen atoms in total. The average Bonchev–Trinajstić information content (AvgIpc) is 3.17. The number of ether oxygens (including phenoxy) is 1. The molecule has 2 aromatic carbocycles. The highest BCUT2D eigenvalue weighted by Crippen LogP contribution is 2.83. The zero-order chi connectivity index (χ0) is 23.9. The van der Waals surface area contributed by atoms with Crippen LogP contribution in [0.15, 0.2) is 48.5 Å². The highest BCUT2D eigenvalue weighted by atomic mass is 19.1. The molecule has 2 amide bonds. The maximum absolute atomic E-state index is 13.3. The second-order valence-electron chi connectivity index (χ2n) is 12.0. The largest absolute Gasteiger partial charge is 0.444 e. The van der Waals surface area contributed by atoms with Gasteiger partial charge in [0.05, 0.1) is 0 Å². The van der Waals surface area contributed by atoms with Gasteiger partial charge in [0.2, 0.25) is 0 Å². The van der Waals surface area contributed by atoms with Gasteiger partial charge < -0.3 is 15.4 Å². The monoisotopic (exact) mass is 462 g/mol. The van der Waals surface area contributed by atoms with Crippen molar-refractivity contribution in [3.8, 4) is 11.1 Å². The number of rotatable bonds is 4. The molecule has 6 rings (SSSR count). The summed E-state index contributed by atoms with van der Waals surface area (Å²) in [5.74, 6) is 0.861. The van der Waals surface area contributed by atoms with Crippen LogP contribution in [-0.2, 0) is 4.74 Å². The lowest BCUT2D eigenvalue weighted by Gasteiger charge is -2.72. The molecular weight excluding hydrogens is 431 g/mol. The van der Waals surface area contributed by atoms with E-state index in [1.54, 1.807) is 12.1 Å².